The summed E-state index contributed by atoms with van der Waals surface area (Å²) in [6, 6.07) is 1.26. The van der Waals surface area contributed by atoms with Gasteiger partial charge in [-0.15, -0.1) is 0 Å². The summed E-state index contributed by atoms with van der Waals surface area (Å²) in [6.45, 7) is 14.2. The first kappa shape index (κ1) is 14.4. The van der Waals surface area contributed by atoms with Crippen molar-refractivity contribution < 1.29 is 8.85 Å². The molecule has 0 fully saturated rings. The molecule has 0 radical (unpaired) electrons. The van der Waals surface area contributed by atoms with E-state index in [0.29, 0.717) is 0 Å². The van der Waals surface area contributed by atoms with Crippen molar-refractivity contribution in [2.24, 2.45) is 0 Å². The fourth-order valence-electron chi connectivity index (χ4n) is 1.78. The van der Waals surface area contributed by atoms with Crippen LogP contribution in [0.15, 0.2) is 0 Å². The van der Waals surface area contributed by atoms with E-state index in [1.54, 1.807) is 0 Å². The molecule has 0 aliphatic carbocycles. The van der Waals surface area contributed by atoms with Gasteiger partial charge in [0.2, 0.25) is 0 Å². The topological polar surface area (TPSA) is 18.5 Å². The van der Waals surface area contributed by atoms with E-state index in [-0.39, 0.29) is 0 Å². The van der Waals surface area contributed by atoms with Gasteiger partial charge in [0.05, 0.1) is 6.23 Å². The van der Waals surface area contributed by atoms with E-state index in [1.165, 1.54) is 12.5 Å². The van der Waals surface area contributed by atoms with Crippen molar-refractivity contribution in [3.8, 4) is 0 Å². The fourth-order valence-corrected chi connectivity index (χ4v) is 10.3. The van der Waals surface area contributed by atoms with E-state index >= 15 is 0 Å². The van der Waals surface area contributed by atoms with E-state index < -0.39 is 16.6 Å². The van der Waals surface area contributed by atoms with Gasteiger partial charge in [-0.05, 0) is 39.2 Å². The molecule has 0 heterocycles. The van der Waals surface area contributed by atoms with E-state index in [0.717, 1.165) is 12.8 Å². The van der Waals surface area contributed by atoms with Gasteiger partial charge in [0.1, 0.15) is 0 Å². The smallest absolute Gasteiger partial charge is 0.199 e. The van der Waals surface area contributed by atoms with Gasteiger partial charge in [0.15, 0.2) is 16.6 Å². The minimum atomic E-state index is -1.56. The molecule has 0 aliphatic rings. The highest BCUT2D eigenvalue weighted by Crippen LogP contribution is 2.19. The van der Waals surface area contributed by atoms with Gasteiger partial charge in [-0.2, -0.15) is 0 Å². The molecule has 0 bridgehead atoms. The van der Waals surface area contributed by atoms with Gasteiger partial charge in [-0.25, -0.2) is 0 Å². The molecule has 0 atom stereocenters. The number of hydrogen-bond acceptors (Lipinski definition) is 2. The van der Waals surface area contributed by atoms with Crippen molar-refractivity contribution in [1.82, 2.24) is 0 Å². The monoisotopic (exact) mass is 234 g/mol. The zero-order valence-corrected chi connectivity index (χ0v) is 12.6. The van der Waals surface area contributed by atoms with E-state index in [9.17, 15) is 0 Å². The lowest BCUT2D eigenvalue weighted by atomic mass is 10.6. The Bertz CT molecular complexity index is 158. The molecule has 0 rings (SSSR count). The number of ether oxygens (including phenoxy) is 1. The van der Waals surface area contributed by atoms with Crippen LogP contribution in [-0.2, 0) is 8.85 Å². The lowest BCUT2D eigenvalue weighted by Crippen LogP contribution is -2.47. The average Bonchev–Trinajstić information content (AvgIpc) is 1.98. The SMILES string of the molecule is CCC[Si](C)(C)O[Si](C)(C)COCC. The first-order valence-electron chi connectivity index (χ1n) is 5.61. The molecule has 86 valence electrons. The Morgan fingerprint density at radius 3 is 1.93 bits per heavy atom. The zero-order chi connectivity index (χ0) is 11.2. The molecule has 14 heavy (non-hydrogen) atoms. The molecule has 2 nitrogen and oxygen atoms in total. The molecule has 0 unspecified atom stereocenters. The van der Waals surface area contributed by atoms with Gasteiger partial charge in [0.25, 0.3) is 0 Å². The van der Waals surface area contributed by atoms with Crippen LogP contribution in [0.4, 0.5) is 0 Å². The third kappa shape index (κ3) is 6.76. The standard InChI is InChI=1S/C10H26O2Si2/c1-7-9-13(3,4)12-14(5,6)10-11-8-2/h7-10H2,1-6H3. The third-order valence-corrected chi connectivity index (χ3v) is 9.08. The molecule has 0 saturated carbocycles. The average molecular weight is 234 g/mol. The summed E-state index contributed by atoms with van der Waals surface area (Å²) in [5.74, 6) is 0. The minimum absolute atomic E-state index is 0.801. The summed E-state index contributed by atoms with van der Waals surface area (Å²) in [7, 11) is -2.96. The first-order chi connectivity index (χ1) is 6.33. The summed E-state index contributed by atoms with van der Waals surface area (Å²) in [5, 5.41) is 0. The predicted octanol–water partition coefficient (Wildman–Crippen LogP) is 3.40. The summed E-state index contributed by atoms with van der Waals surface area (Å²) in [5.41, 5.74) is 0. The second-order valence-electron chi connectivity index (χ2n) is 5.01. The second-order valence-corrected chi connectivity index (χ2v) is 13.7. The summed E-state index contributed by atoms with van der Waals surface area (Å²) < 4.78 is 11.8. The Balaban J connectivity index is 4.05. The Morgan fingerprint density at radius 1 is 0.929 bits per heavy atom. The van der Waals surface area contributed by atoms with Crippen LogP contribution in [-0.4, -0.2) is 29.5 Å². The fraction of sp³-hybridized carbons (Fsp3) is 1.00. The van der Waals surface area contributed by atoms with Gasteiger partial charge in [0, 0.05) is 6.61 Å². The molecule has 0 aromatic carbocycles. The predicted molar refractivity (Wildman–Crippen MR) is 67.6 cm³/mol. The van der Waals surface area contributed by atoms with Crippen molar-refractivity contribution in [3.05, 3.63) is 0 Å². The summed E-state index contributed by atoms with van der Waals surface area (Å²) in [4.78, 5) is 0. The van der Waals surface area contributed by atoms with Crippen molar-refractivity contribution in [3.63, 3.8) is 0 Å². The highest BCUT2D eigenvalue weighted by atomic mass is 28.4. The van der Waals surface area contributed by atoms with Gasteiger partial charge < -0.3 is 8.85 Å². The van der Waals surface area contributed by atoms with Crippen LogP contribution >= 0.6 is 0 Å². The zero-order valence-electron chi connectivity index (χ0n) is 10.6. The molecule has 0 spiro atoms. The van der Waals surface area contributed by atoms with Gasteiger partial charge in [-0.1, -0.05) is 13.3 Å². The second kappa shape index (κ2) is 6.05. The van der Waals surface area contributed by atoms with Crippen LogP contribution in [0.1, 0.15) is 20.3 Å². The quantitative estimate of drug-likeness (QED) is 0.629. The maximum absolute atomic E-state index is 6.32. The molecule has 0 aromatic heterocycles. The molecule has 0 aliphatic heterocycles. The Hall–Kier alpha value is 0.354. The van der Waals surface area contributed by atoms with Crippen LogP contribution in [0.25, 0.3) is 0 Å². The molecular weight excluding hydrogens is 208 g/mol. The van der Waals surface area contributed by atoms with Crippen molar-refractivity contribution in [2.75, 3.05) is 12.8 Å². The minimum Gasteiger partial charge on any atom is -0.454 e. The highest BCUT2D eigenvalue weighted by Gasteiger charge is 2.32. The molecule has 0 saturated heterocycles. The number of hydrogen-bond donors (Lipinski definition) is 0. The van der Waals surface area contributed by atoms with Crippen molar-refractivity contribution in [1.29, 1.82) is 0 Å². The third-order valence-electron chi connectivity index (χ3n) is 2.06. The summed E-state index contributed by atoms with van der Waals surface area (Å²) in [6.07, 6.45) is 2.07. The van der Waals surface area contributed by atoms with E-state index in [1.807, 2.05) is 6.92 Å². The van der Waals surface area contributed by atoms with Crippen molar-refractivity contribution in [2.45, 2.75) is 52.5 Å². The number of rotatable bonds is 7. The van der Waals surface area contributed by atoms with Crippen LogP contribution in [0.3, 0.4) is 0 Å². The maximum atomic E-state index is 6.32. The summed E-state index contributed by atoms with van der Waals surface area (Å²) >= 11 is 0. The van der Waals surface area contributed by atoms with Gasteiger partial charge >= 0.3 is 0 Å². The highest BCUT2D eigenvalue weighted by molar-refractivity contribution is 6.84. The largest absolute Gasteiger partial charge is 0.454 e. The van der Waals surface area contributed by atoms with Crippen LogP contribution < -0.4 is 0 Å². The van der Waals surface area contributed by atoms with Crippen molar-refractivity contribution >= 4 is 16.6 Å². The van der Waals surface area contributed by atoms with Gasteiger partial charge in [-0.3, -0.25) is 0 Å². The lowest BCUT2D eigenvalue weighted by Gasteiger charge is -2.33. The molecule has 0 amide bonds. The van der Waals surface area contributed by atoms with Crippen LogP contribution in [0.5, 0.6) is 0 Å². The van der Waals surface area contributed by atoms with E-state index in [4.69, 9.17) is 8.85 Å². The molecular formula is C10H26O2Si2. The maximum Gasteiger partial charge on any atom is 0.199 e. The lowest BCUT2D eigenvalue weighted by molar-refractivity contribution is 0.179. The Morgan fingerprint density at radius 2 is 1.50 bits per heavy atom. The van der Waals surface area contributed by atoms with Crippen LogP contribution in [0, 0.1) is 0 Å². The van der Waals surface area contributed by atoms with Crippen LogP contribution in [0.2, 0.25) is 32.2 Å². The molecule has 4 heteroatoms. The molecule has 0 aromatic rings. The normalized spacial score (nSPS) is 13.3. The Labute approximate surface area is 91.3 Å². The van der Waals surface area contributed by atoms with E-state index in [2.05, 4.69) is 33.1 Å². The first-order valence-corrected chi connectivity index (χ1v) is 11.8. The Kier molecular flexibility index (Phi) is 6.20. The molecule has 0 N–H and O–H groups in total.